The van der Waals surface area contributed by atoms with Crippen molar-refractivity contribution in [3.05, 3.63) is 0 Å². The predicted octanol–water partition coefficient (Wildman–Crippen LogP) is 1.70. The third-order valence-electron chi connectivity index (χ3n) is 3.23. The standard InChI is InChI=1S/C11H24N2/c1-9(10-5-6-10)13(4)8-11(2,3)7-12/h9-10H,5-8,12H2,1-4H3. The molecule has 1 fully saturated rings. The minimum atomic E-state index is 0.262. The molecule has 1 aliphatic rings. The molecule has 1 atom stereocenters. The number of nitrogens with zero attached hydrogens (tertiary/aromatic N) is 1. The first-order chi connectivity index (χ1) is 5.96. The molecule has 1 unspecified atom stereocenters. The third kappa shape index (κ3) is 3.28. The first-order valence-corrected chi connectivity index (χ1v) is 5.36. The summed E-state index contributed by atoms with van der Waals surface area (Å²) in [5.41, 5.74) is 5.98. The molecule has 0 saturated heterocycles. The molecule has 13 heavy (non-hydrogen) atoms. The van der Waals surface area contributed by atoms with Crippen LogP contribution in [-0.4, -0.2) is 31.1 Å². The monoisotopic (exact) mass is 184 g/mol. The van der Waals surface area contributed by atoms with E-state index in [1.54, 1.807) is 0 Å². The van der Waals surface area contributed by atoms with Gasteiger partial charge in [0.2, 0.25) is 0 Å². The summed E-state index contributed by atoms with van der Waals surface area (Å²) in [5, 5.41) is 0. The topological polar surface area (TPSA) is 29.3 Å². The summed E-state index contributed by atoms with van der Waals surface area (Å²) in [7, 11) is 2.22. The van der Waals surface area contributed by atoms with Gasteiger partial charge >= 0.3 is 0 Å². The Morgan fingerprint density at radius 2 is 2.00 bits per heavy atom. The molecule has 1 aliphatic carbocycles. The van der Waals surface area contributed by atoms with Gasteiger partial charge in [-0.1, -0.05) is 13.8 Å². The summed E-state index contributed by atoms with van der Waals surface area (Å²) in [4.78, 5) is 2.46. The summed E-state index contributed by atoms with van der Waals surface area (Å²) in [6.45, 7) is 8.70. The van der Waals surface area contributed by atoms with E-state index in [1.807, 2.05) is 0 Å². The van der Waals surface area contributed by atoms with E-state index < -0.39 is 0 Å². The van der Waals surface area contributed by atoms with E-state index in [1.165, 1.54) is 12.8 Å². The van der Waals surface area contributed by atoms with E-state index in [0.29, 0.717) is 0 Å². The molecule has 0 bridgehead atoms. The van der Waals surface area contributed by atoms with E-state index in [0.717, 1.165) is 25.0 Å². The molecule has 1 rings (SSSR count). The van der Waals surface area contributed by atoms with E-state index in [2.05, 4.69) is 32.7 Å². The van der Waals surface area contributed by atoms with E-state index in [4.69, 9.17) is 5.73 Å². The maximum atomic E-state index is 5.72. The number of nitrogens with two attached hydrogens (primary N) is 1. The van der Waals surface area contributed by atoms with Crippen molar-refractivity contribution < 1.29 is 0 Å². The highest BCUT2D eigenvalue weighted by molar-refractivity contribution is 4.86. The number of hydrogen-bond acceptors (Lipinski definition) is 2. The van der Waals surface area contributed by atoms with Crippen LogP contribution in [0.25, 0.3) is 0 Å². The Hall–Kier alpha value is -0.0800. The Morgan fingerprint density at radius 1 is 1.46 bits per heavy atom. The molecule has 2 N–H and O–H groups in total. The molecule has 0 aromatic carbocycles. The molecule has 0 heterocycles. The molecule has 0 spiro atoms. The predicted molar refractivity (Wildman–Crippen MR) is 57.7 cm³/mol. The molecule has 78 valence electrons. The quantitative estimate of drug-likeness (QED) is 0.704. The van der Waals surface area contributed by atoms with E-state index in [-0.39, 0.29) is 5.41 Å². The van der Waals surface area contributed by atoms with Crippen molar-refractivity contribution in [1.82, 2.24) is 4.90 Å². The normalized spacial score (nSPS) is 20.8. The smallest absolute Gasteiger partial charge is 0.00923 e. The summed E-state index contributed by atoms with van der Waals surface area (Å²) >= 11 is 0. The summed E-state index contributed by atoms with van der Waals surface area (Å²) in [6.07, 6.45) is 2.85. The third-order valence-corrected chi connectivity index (χ3v) is 3.23. The van der Waals surface area contributed by atoms with Gasteiger partial charge in [-0.05, 0) is 44.7 Å². The average Bonchev–Trinajstić information content (AvgIpc) is 2.85. The second-order valence-electron chi connectivity index (χ2n) is 5.36. The summed E-state index contributed by atoms with van der Waals surface area (Å²) in [6, 6.07) is 0.742. The maximum Gasteiger partial charge on any atom is 0.00923 e. The molecular formula is C11H24N2. The Labute approximate surface area is 82.5 Å². The second-order valence-corrected chi connectivity index (χ2v) is 5.36. The molecule has 2 nitrogen and oxygen atoms in total. The van der Waals surface area contributed by atoms with Gasteiger partial charge in [-0.25, -0.2) is 0 Å². The number of rotatable bonds is 5. The molecule has 1 saturated carbocycles. The van der Waals surface area contributed by atoms with Gasteiger partial charge in [0.05, 0.1) is 0 Å². The van der Waals surface area contributed by atoms with Crippen molar-refractivity contribution in [1.29, 1.82) is 0 Å². The molecule has 0 radical (unpaired) electrons. The minimum absolute atomic E-state index is 0.262. The van der Waals surface area contributed by atoms with Gasteiger partial charge in [-0.15, -0.1) is 0 Å². The van der Waals surface area contributed by atoms with Gasteiger partial charge < -0.3 is 10.6 Å². The maximum absolute atomic E-state index is 5.72. The largest absolute Gasteiger partial charge is 0.330 e. The Balaban J connectivity index is 2.34. The van der Waals surface area contributed by atoms with Crippen LogP contribution >= 0.6 is 0 Å². The fourth-order valence-corrected chi connectivity index (χ4v) is 1.82. The highest BCUT2D eigenvalue weighted by atomic mass is 15.1. The van der Waals surface area contributed by atoms with Crippen LogP contribution in [0, 0.1) is 11.3 Å². The molecule has 0 aromatic heterocycles. The van der Waals surface area contributed by atoms with Crippen LogP contribution in [-0.2, 0) is 0 Å². The van der Waals surface area contributed by atoms with Gasteiger partial charge in [-0.3, -0.25) is 0 Å². The summed E-state index contributed by atoms with van der Waals surface area (Å²) in [5.74, 6) is 0.957. The minimum Gasteiger partial charge on any atom is -0.330 e. The SMILES string of the molecule is CC(C1CC1)N(C)CC(C)(C)CN. The first-order valence-electron chi connectivity index (χ1n) is 5.36. The van der Waals surface area contributed by atoms with Gasteiger partial charge in [0.15, 0.2) is 0 Å². The highest BCUT2D eigenvalue weighted by Gasteiger charge is 2.32. The zero-order chi connectivity index (χ0) is 10.1. The van der Waals surface area contributed by atoms with Crippen LogP contribution in [0.1, 0.15) is 33.6 Å². The highest BCUT2D eigenvalue weighted by Crippen LogP contribution is 2.35. The van der Waals surface area contributed by atoms with Crippen molar-refractivity contribution in [2.45, 2.75) is 39.7 Å². The fourth-order valence-electron chi connectivity index (χ4n) is 1.82. The van der Waals surface area contributed by atoms with Gasteiger partial charge in [0.1, 0.15) is 0 Å². The van der Waals surface area contributed by atoms with Crippen molar-refractivity contribution >= 4 is 0 Å². The molecule has 0 aromatic rings. The van der Waals surface area contributed by atoms with Crippen LogP contribution in [0.2, 0.25) is 0 Å². The zero-order valence-electron chi connectivity index (χ0n) is 9.51. The Kier molecular flexibility index (Phi) is 3.36. The second kappa shape index (κ2) is 3.97. The molecule has 0 aliphatic heterocycles. The Morgan fingerprint density at radius 3 is 2.38 bits per heavy atom. The van der Waals surface area contributed by atoms with E-state index >= 15 is 0 Å². The lowest BCUT2D eigenvalue weighted by Gasteiger charge is -2.33. The lowest BCUT2D eigenvalue weighted by atomic mass is 9.92. The van der Waals surface area contributed by atoms with Crippen LogP contribution in [0.15, 0.2) is 0 Å². The van der Waals surface area contributed by atoms with Crippen molar-refractivity contribution in [3.63, 3.8) is 0 Å². The average molecular weight is 184 g/mol. The molecule has 0 amide bonds. The van der Waals surface area contributed by atoms with Gasteiger partial charge in [0, 0.05) is 12.6 Å². The van der Waals surface area contributed by atoms with Gasteiger partial charge in [-0.2, -0.15) is 0 Å². The lowest BCUT2D eigenvalue weighted by molar-refractivity contribution is 0.160. The van der Waals surface area contributed by atoms with E-state index in [9.17, 15) is 0 Å². The molecular weight excluding hydrogens is 160 g/mol. The number of hydrogen-bond donors (Lipinski definition) is 1. The molecule has 2 heteroatoms. The first kappa shape index (κ1) is 11.0. The van der Waals surface area contributed by atoms with Crippen LogP contribution in [0.5, 0.6) is 0 Å². The van der Waals surface area contributed by atoms with Crippen LogP contribution in [0.4, 0.5) is 0 Å². The Bertz CT molecular complexity index is 161. The summed E-state index contributed by atoms with van der Waals surface area (Å²) < 4.78 is 0. The zero-order valence-corrected chi connectivity index (χ0v) is 9.51. The fraction of sp³-hybridized carbons (Fsp3) is 1.00. The van der Waals surface area contributed by atoms with Crippen molar-refractivity contribution in [2.24, 2.45) is 17.1 Å². The van der Waals surface area contributed by atoms with Crippen molar-refractivity contribution in [2.75, 3.05) is 20.1 Å². The van der Waals surface area contributed by atoms with Crippen molar-refractivity contribution in [3.8, 4) is 0 Å². The van der Waals surface area contributed by atoms with Gasteiger partial charge in [0.25, 0.3) is 0 Å². The van der Waals surface area contributed by atoms with Crippen LogP contribution in [0.3, 0.4) is 0 Å². The lowest BCUT2D eigenvalue weighted by Crippen LogP contribution is -2.41. The van der Waals surface area contributed by atoms with Crippen LogP contribution < -0.4 is 5.73 Å².